The monoisotopic (exact) mass is 299 g/mol. The minimum Gasteiger partial charge on any atom is -0.352 e. The highest BCUT2D eigenvalue weighted by molar-refractivity contribution is 5.94. The summed E-state index contributed by atoms with van der Waals surface area (Å²) in [4.78, 5) is 11.5. The molecular weight excluding hydrogens is 288 g/mol. The number of amides is 1. The summed E-state index contributed by atoms with van der Waals surface area (Å²) in [6.45, 7) is 1.87. The molecule has 0 aromatic heterocycles. The fourth-order valence-corrected chi connectivity index (χ4v) is 1.43. The maximum absolute atomic E-state index is 12.6. The number of hydrogen-bond acceptors (Lipinski definition) is 1. The number of hydrogen-bond donors (Lipinski definition) is 1. The lowest BCUT2D eigenvalue weighted by Crippen LogP contribution is -2.25. The molecular formula is C12H11F6NO. The van der Waals surface area contributed by atoms with Gasteiger partial charge >= 0.3 is 12.4 Å². The van der Waals surface area contributed by atoms with Crippen LogP contribution < -0.4 is 5.32 Å². The SMILES string of the molecule is CCCNC(=O)c1cc(C(F)(F)F)cc(C(F)(F)F)c1. The molecule has 1 amide bonds. The number of halogens is 6. The van der Waals surface area contributed by atoms with E-state index in [-0.39, 0.29) is 12.6 Å². The van der Waals surface area contributed by atoms with E-state index in [2.05, 4.69) is 5.32 Å². The van der Waals surface area contributed by atoms with Crippen LogP contribution in [-0.2, 0) is 12.4 Å². The van der Waals surface area contributed by atoms with E-state index in [1.54, 1.807) is 6.92 Å². The molecule has 0 saturated carbocycles. The third-order valence-electron chi connectivity index (χ3n) is 2.39. The minimum absolute atomic E-state index is 0.0173. The summed E-state index contributed by atoms with van der Waals surface area (Å²) < 4.78 is 75.3. The Kier molecular flexibility index (Phi) is 4.67. The highest BCUT2D eigenvalue weighted by atomic mass is 19.4. The fourth-order valence-electron chi connectivity index (χ4n) is 1.43. The molecule has 0 atom stereocenters. The lowest BCUT2D eigenvalue weighted by atomic mass is 10.0. The Balaban J connectivity index is 3.27. The van der Waals surface area contributed by atoms with Crippen molar-refractivity contribution in [1.82, 2.24) is 5.32 Å². The molecule has 1 aromatic rings. The van der Waals surface area contributed by atoms with Crippen molar-refractivity contribution < 1.29 is 31.1 Å². The van der Waals surface area contributed by atoms with Crippen LogP contribution in [0.3, 0.4) is 0 Å². The molecule has 0 unspecified atom stereocenters. The van der Waals surface area contributed by atoms with Crippen molar-refractivity contribution >= 4 is 5.91 Å². The molecule has 0 saturated heterocycles. The van der Waals surface area contributed by atoms with Gasteiger partial charge in [0.05, 0.1) is 11.1 Å². The Morgan fingerprint density at radius 2 is 1.45 bits per heavy atom. The fraction of sp³-hybridized carbons (Fsp3) is 0.417. The second-order valence-electron chi connectivity index (χ2n) is 4.05. The Labute approximate surface area is 110 Å². The van der Waals surface area contributed by atoms with Gasteiger partial charge in [-0.2, -0.15) is 26.3 Å². The zero-order chi connectivity index (χ0) is 15.6. The lowest BCUT2D eigenvalue weighted by Gasteiger charge is -2.14. The zero-order valence-corrected chi connectivity index (χ0v) is 10.3. The van der Waals surface area contributed by atoms with Gasteiger partial charge in [0.2, 0.25) is 0 Å². The van der Waals surface area contributed by atoms with Crippen molar-refractivity contribution in [2.45, 2.75) is 25.7 Å². The van der Waals surface area contributed by atoms with E-state index in [1.165, 1.54) is 0 Å². The molecule has 0 radical (unpaired) electrons. The second-order valence-corrected chi connectivity index (χ2v) is 4.05. The number of alkyl halides is 6. The van der Waals surface area contributed by atoms with Crippen LogP contribution in [0.4, 0.5) is 26.3 Å². The normalized spacial score (nSPS) is 12.3. The van der Waals surface area contributed by atoms with Gasteiger partial charge in [-0.25, -0.2) is 0 Å². The third-order valence-corrected chi connectivity index (χ3v) is 2.39. The van der Waals surface area contributed by atoms with E-state index < -0.39 is 35.0 Å². The van der Waals surface area contributed by atoms with Crippen LogP contribution in [-0.4, -0.2) is 12.5 Å². The van der Waals surface area contributed by atoms with Crippen LogP contribution in [0.5, 0.6) is 0 Å². The van der Waals surface area contributed by atoms with Crippen molar-refractivity contribution in [3.63, 3.8) is 0 Å². The van der Waals surface area contributed by atoms with Gasteiger partial charge in [0.25, 0.3) is 5.91 Å². The summed E-state index contributed by atoms with van der Waals surface area (Å²) in [6, 6.07) is 0.789. The maximum atomic E-state index is 12.6. The smallest absolute Gasteiger partial charge is 0.352 e. The van der Waals surface area contributed by atoms with Crippen LogP contribution in [0.15, 0.2) is 18.2 Å². The summed E-state index contributed by atoms with van der Waals surface area (Å²) in [6.07, 6.45) is -9.40. The molecule has 0 bridgehead atoms. The number of carbonyl (C=O) groups excluding carboxylic acids is 1. The summed E-state index contributed by atoms with van der Waals surface area (Å²) >= 11 is 0. The van der Waals surface area contributed by atoms with E-state index in [0.717, 1.165) is 0 Å². The van der Waals surface area contributed by atoms with E-state index in [0.29, 0.717) is 18.6 Å². The van der Waals surface area contributed by atoms with Crippen molar-refractivity contribution in [2.24, 2.45) is 0 Å². The van der Waals surface area contributed by atoms with E-state index in [4.69, 9.17) is 0 Å². The highest BCUT2D eigenvalue weighted by Gasteiger charge is 2.37. The first-order valence-electron chi connectivity index (χ1n) is 5.63. The van der Waals surface area contributed by atoms with Gasteiger partial charge in [-0.1, -0.05) is 6.92 Å². The molecule has 0 spiro atoms. The summed E-state index contributed by atoms with van der Waals surface area (Å²) in [5, 5.41) is 2.23. The van der Waals surface area contributed by atoms with Crippen LogP contribution >= 0.6 is 0 Å². The summed E-state index contributed by atoms with van der Waals surface area (Å²) in [5.41, 5.74) is -3.68. The Hall–Kier alpha value is -1.73. The third kappa shape index (κ3) is 4.14. The van der Waals surface area contributed by atoms with E-state index in [9.17, 15) is 31.1 Å². The molecule has 20 heavy (non-hydrogen) atoms. The Morgan fingerprint density at radius 3 is 1.80 bits per heavy atom. The summed E-state index contributed by atoms with van der Waals surface area (Å²) in [7, 11) is 0. The molecule has 112 valence electrons. The van der Waals surface area contributed by atoms with Crippen LogP contribution in [0, 0.1) is 0 Å². The van der Waals surface area contributed by atoms with Crippen molar-refractivity contribution in [3.8, 4) is 0 Å². The molecule has 2 nitrogen and oxygen atoms in total. The van der Waals surface area contributed by atoms with Gasteiger partial charge in [0.1, 0.15) is 0 Å². The first-order chi connectivity index (χ1) is 9.05. The van der Waals surface area contributed by atoms with Gasteiger partial charge in [0.15, 0.2) is 0 Å². The first-order valence-corrected chi connectivity index (χ1v) is 5.63. The Bertz CT molecular complexity index is 459. The lowest BCUT2D eigenvalue weighted by molar-refractivity contribution is -0.143. The van der Waals surface area contributed by atoms with Crippen LogP contribution in [0.2, 0.25) is 0 Å². The van der Waals surface area contributed by atoms with Gasteiger partial charge < -0.3 is 5.32 Å². The standard InChI is InChI=1S/C12H11F6NO/c1-2-3-19-10(20)7-4-8(11(13,14)15)6-9(5-7)12(16,17)18/h4-6H,2-3H2,1H3,(H,19,20). The number of rotatable bonds is 3. The molecule has 0 aliphatic carbocycles. The zero-order valence-electron chi connectivity index (χ0n) is 10.3. The van der Waals surface area contributed by atoms with Gasteiger partial charge in [-0.15, -0.1) is 0 Å². The van der Waals surface area contributed by atoms with E-state index in [1.807, 2.05) is 0 Å². The van der Waals surface area contributed by atoms with Gasteiger partial charge in [-0.05, 0) is 24.6 Å². The maximum Gasteiger partial charge on any atom is 0.416 e. The molecule has 0 aliphatic rings. The van der Waals surface area contributed by atoms with Gasteiger partial charge in [-0.3, -0.25) is 4.79 Å². The molecule has 1 rings (SSSR count). The molecule has 0 fully saturated rings. The quantitative estimate of drug-likeness (QED) is 0.844. The van der Waals surface area contributed by atoms with Crippen molar-refractivity contribution in [3.05, 3.63) is 34.9 Å². The van der Waals surface area contributed by atoms with Crippen molar-refractivity contribution in [2.75, 3.05) is 6.54 Å². The van der Waals surface area contributed by atoms with Crippen LogP contribution in [0.1, 0.15) is 34.8 Å². The van der Waals surface area contributed by atoms with Gasteiger partial charge in [0, 0.05) is 12.1 Å². The molecule has 0 heterocycles. The predicted molar refractivity (Wildman–Crippen MR) is 59.1 cm³/mol. The number of nitrogens with one attached hydrogen (secondary N) is 1. The first kappa shape index (κ1) is 16.3. The number of carbonyl (C=O) groups is 1. The minimum atomic E-state index is -4.96. The largest absolute Gasteiger partial charge is 0.416 e. The molecule has 1 aromatic carbocycles. The predicted octanol–water partition coefficient (Wildman–Crippen LogP) is 3.86. The summed E-state index contributed by atoms with van der Waals surface area (Å²) in [5.74, 6) is -0.969. The molecule has 0 aliphatic heterocycles. The average Bonchev–Trinajstić information content (AvgIpc) is 2.33. The molecule has 8 heteroatoms. The topological polar surface area (TPSA) is 29.1 Å². The average molecular weight is 299 g/mol. The second kappa shape index (κ2) is 5.72. The van der Waals surface area contributed by atoms with E-state index >= 15 is 0 Å². The molecule has 1 N–H and O–H groups in total. The van der Waals surface area contributed by atoms with Crippen molar-refractivity contribution in [1.29, 1.82) is 0 Å². The number of benzene rings is 1. The highest BCUT2D eigenvalue weighted by Crippen LogP contribution is 2.36. The Morgan fingerprint density at radius 1 is 1.00 bits per heavy atom. The van der Waals surface area contributed by atoms with Crippen LogP contribution in [0.25, 0.3) is 0 Å².